The fourth-order valence-electron chi connectivity index (χ4n) is 2.63. The van der Waals surface area contributed by atoms with Crippen molar-refractivity contribution >= 4 is 11.8 Å². The van der Waals surface area contributed by atoms with Crippen LogP contribution in [-0.4, -0.2) is 54.3 Å². The lowest BCUT2D eigenvalue weighted by Gasteiger charge is -2.48. The van der Waals surface area contributed by atoms with Gasteiger partial charge in [-0.2, -0.15) is 11.8 Å². The second-order valence-corrected chi connectivity index (χ2v) is 6.26. The Balaban J connectivity index is 2.03. The molecule has 2 atom stereocenters. The molecule has 0 amide bonds. The van der Waals surface area contributed by atoms with E-state index in [1.54, 1.807) is 0 Å². The molecule has 2 aliphatic rings. The molecule has 2 unspecified atom stereocenters. The Morgan fingerprint density at radius 2 is 2.47 bits per heavy atom. The Morgan fingerprint density at radius 1 is 1.60 bits per heavy atom. The fourth-order valence-corrected chi connectivity index (χ4v) is 3.64. The van der Waals surface area contributed by atoms with Crippen LogP contribution >= 0.6 is 11.8 Å². The van der Waals surface area contributed by atoms with Crippen LogP contribution in [0, 0.1) is 0 Å². The number of thioether (sulfide) groups is 1. The third-order valence-corrected chi connectivity index (χ3v) is 4.73. The first-order valence-electron chi connectivity index (χ1n) is 5.91. The van der Waals surface area contributed by atoms with Gasteiger partial charge >= 0.3 is 0 Å². The minimum atomic E-state index is 0.146. The van der Waals surface area contributed by atoms with Crippen molar-refractivity contribution in [3.8, 4) is 0 Å². The van der Waals surface area contributed by atoms with Gasteiger partial charge in [0.2, 0.25) is 0 Å². The monoisotopic (exact) mass is 230 g/mol. The van der Waals surface area contributed by atoms with E-state index in [4.69, 9.17) is 10.5 Å². The number of hydrogen-bond donors (Lipinski definition) is 1. The van der Waals surface area contributed by atoms with Crippen molar-refractivity contribution in [1.82, 2.24) is 4.90 Å². The van der Waals surface area contributed by atoms with Crippen molar-refractivity contribution in [3.05, 3.63) is 0 Å². The van der Waals surface area contributed by atoms with Gasteiger partial charge in [-0.05, 0) is 12.8 Å². The maximum Gasteiger partial charge on any atom is 0.0662 e. The van der Waals surface area contributed by atoms with Crippen molar-refractivity contribution in [3.63, 3.8) is 0 Å². The van der Waals surface area contributed by atoms with E-state index < -0.39 is 0 Å². The highest BCUT2D eigenvalue weighted by molar-refractivity contribution is 7.99. The molecule has 2 N–H and O–H groups in total. The van der Waals surface area contributed by atoms with Crippen molar-refractivity contribution in [2.24, 2.45) is 5.73 Å². The molecule has 15 heavy (non-hydrogen) atoms. The molecule has 2 heterocycles. The van der Waals surface area contributed by atoms with Crippen LogP contribution in [0.2, 0.25) is 0 Å². The van der Waals surface area contributed by atoms with Crippen molar-refractivity contribution < 1.29 is 4.74 Å². The van der Waals surface area contributed by atoms with Gasteiger partial charge in [-0.1, -0.05) is 6.92 Å². The smallest absolute Gasteiger partial charge is 0.0662 e. The fraction of sp³-hybridized carbons (Fsp3) is 1.00. The summed E-state index contributed by atoms with van der Waals surface area (Å²) in [4.78, 5) is 2.58. The van der Waals surface area contributed by atoms with E-state index in [0.29, 0.717) is 0 Å². The van der Waals surface area contributed by atoms with E-state index >= 15 is 0 Å². The molecule has 0 bridgehead atoms. The van der Waals surface area contributed by atoms with Gasteiger partial charge in [-0.25, -0.2) is 0 Å². The molecular formula is C11H22N2OS. The number of nitrogens with two attached hydrogens (primary N) is 1. The number of hydrogen-bond acceptors (Lipinski definition) is 4. The predicted molar refractivity (Wildman–Crippen MR) is 65.3 cm³/mol. The Hall–Kier alpha value is 0.230. The molecule has 0 aromatic heterocycles. The van der Waals surface area contributed by atoms with Crippen LogP contribution in [0.4, 0.5) is 0 Å². The summed E-state index contributed by atoms with van der Waals surface area (Å²) >= 11 is 2.07. The van der Waals surface area contributed by atoms with E-state index in [0.717, 1.165) is 31.4 Å². The van der Waals surface area contributed by atoms with Crippen LogP contribution < -0.4 is 5.73 Å². The Morgan fingerprint density at radius 3 is 3.07 bits per heavy atom. The quantitative estimate of drug-likeness (QED) is 0.766. The van der Waals surface area contributed by atoms with E-state index in [2.05, 4.69) is 23.6 Å². The molecule has 0 radical (unpaired) electrons. The van der Waals surface area contributed by atoms with E-state index in [1.165, 1.54) is 25.3 Å². The molecule has 0 aromatic carbocycles. The molecule has 2 saturated heterocycles. The van der Waals surface area contributed by atoms with Gasteiger partial charge in [0.05, 0.1) is 12.1 Å². The first-order chi connectivity index (χ1) is 7.27. The third-order valence-electron chi connectivity index (χ3n) is 3.59. The van der Waals surface area contributed by atoms with Gasteiger partial charge in [0.15, 0.2) is 0 Å². The maximum absolute atomic E-state index is 5.99. The summed E-state index contributed by atoms with van der Waals surface area (Å²) in [6.45, 7) is 7.15. The maximum atomic E-state index is 5.99. The summed E-state index contributed by atoms with van der Waals surface area (Å²) in [5.74, 6) is 1.24. The van der Waals surface area contributed by atoms with Crippen molar-refractivity contribution in [1.29, 1.82) is 0 Å². The standard InChI is InChI=1S/C11H22N2OS/c1-10-7-13(4-6-15-10)11(8-12)3-2-5-14-9-11/h10H,2-9,12H2,1H3. The third kappa shape index (κ3) is 2.49. The van der Waals surface area contributed by atoms with Gasteiger partial charge < -0.3 is 10.5 Å². The van der Waals surface area contributed by atoms with Crippen LogP contribution in [0.25, 0.3) is 0 Å². The molecular weight excluding hydrogens is 208 g/mol. The molecule has 0 aliphatic carbocycles. The lowest BCUT2D eigenvalue weighted by Crippen LogP contribution is -2.61. The summed E-state index contributed by atoms with van der Waals surface area (Å²) in [5.41, 5.74) is 6.13. The normalized spacial score (nSPS) is 39.2. The average molecular weight is 230 g/mol. The molecule has 4 heteroatoms. The van der Waals surface area contributed by atoms with E-state index in [1.807, 2.05) is 0 Å². The van der Waals surface area contributed by atoms with E-state index in [9.17, 15) is 0 Å². The minimum absolute atomic E-state index is 0.146. The zero-order valence-corrected chi connectivity index (χ0v) is 10.4. The summed E-state index contributed by atoms with van der Waals surface area (Å²) in [7, 11) is 0. The lowest BCUT2D eigenvalue weighted by molar-refractivity contribution is -0.0432. The SMILES string of the molecule is CC1CN(C2(CN)CCCOC2)CCS1. The zero-order chi connectivity index (χ0) is 10.7. The highest BCUT2D eigenvalue weighted by Crippen LogP contribution is 2.30. The molecule has 2 aliphatic heterocycles. The van der Waals surface area contributed by atoms with Gasteiger partial charge in [-0.15, -0.1) is 0 Å². The minimum Gasteiger partial charge on any atom is -0.379 e. The first-order valence-corrected chi connectivity index (χ1v) is 6.96. The van der Waals surface area contributed by atoms with Crippen LogP contribution in [-0.2, 0) is 4.74 Å². The van der Waals surface area contributed by atoms with Crippen LogP contribution in [0.1, 0.15) is 19.8 Å². The number of nitrogens with zero attached hydrogens (tertiary/aromatic N) is 1. The van der Waals surface area contributed by atoms with Crippen molar-refractivity contribution in [2.45, 2.75) is 30.6 Å². The Kier molecular flexibility index (Phi) is 3.93. The Bertz CT molecular complexity index is 207. The summed E-state index contributed by atoms with van der Waals surface area (Å²) in [6, 6.07) is 0. The molecule has 0 aromatic rings. The lowest BCUT2D eigenvalue weighted by atomic mass is 9.90. The van der Waals surface area contributed by atoms with Gasteiger partial charge in [0.25, 0.3) is 0 Å². The average Bonchev–Trinajstić information content (AvgIpc) is 2.30. The molecule has 0 saturated carbocycles. The Labute approximate surface area is 96.7 Å². The van der Waals surface area contributed by atoms with Crippen LogP contribution in [0.5, 0.6) is 0 Å². The predicted octanol–water partition coefficient (Wildman–Crippen LogP) is 0.932. The second kappa shape index (κ2) is 5.04. The molecule has 2 rings (SSSR count). The molecule has 0 spiro atoms. The summed E-state index contributed by atoms with van der Waals surface area (Å²) in [6.07, 6.45) is 2.37. The highest BCUT2D eigenvalue weighted by atomic mass is 32.2. The van der Waals surface area contributed by atoms with Gasteiger partial charge in [0.1, 0.15) is 0 Å². The summed E-state index contributed by atoms with van der Waals surface area (Å²) in [5, 5.41) is 0.740. The van der Waals surface area contributed by atoms with E-state index in [-0.39, 0.29) is 5.54 Å². The van der Waals surface area contributed by atoms with Gasteiger partial charge in [-0.3, -0.25) is 4.90 Å². The van der Waals surface area contributed by atoms with Crippen LogP contribution in [0.3, 0.4) is 0 Å². The molecule has 2 fully saturated rings. The highest BCUT2D eigenvalue weighted by Gasteiger charge is 2.39. The summed E-state index contributed by atoms with van der Waals surface area (Å²) < 4.78 is 5.64. The number of ether oxygens (including phenoxy) is 1. The van der Waals surface area contributed by atoms with Crippen LogP contribution in [0.15, 0.2) is 0 Å². The molecule has 3 nitrogen and oxygen atoms in total. The topological polar surface area (TPSA) is 38.5 Å². The second-order valence-electron chi connectivity index (χ2n) is 4.71. The first kappa shape index (κ1) is 11.7. The molecule has 88 valence electrons. The number of rotatable bonds is 2. The largest absolute Gasteiger partial charge is 0.379 e. The van der Waals surface area contributed by atoms with Crippen molar-refractivity contribution in [2.75, 3.05) is 38.6 Å². The zero-order valence-electron chi connectivity index (χ0n) is 9.58. The van der Waals surface area contributed by atoms with Gasteiger partial charge in [0, 0.05) is 37.2 Å².